The van der Waals surface area contributed by atoms with Crippen molar-refractivity contribution < 1.29 is 9.59 Å². The first kappa shape index (κ1) is 15.0. The summed E-state index contributed by atoms with van der Waals surface area (Å²) in [5, 5.41) is 9.00. The summed E-state index contributed by atoms with van der Waals surface area (Å²) in [4.78, 5) is 22.7. The van der Waals surface area contributed by atoms with Gasteiger partial charge in [0, 0.05) is 25.9 Å². The van der Waals surface area contributed by atoms with E-state index in [4.69, 9.17) is 0 Å². The fraction of sp³-hybridized carbons (Fsp3) is 0.846. The highest BCUT2D eigenvalue weighted by molar-refractivity contribution is 5.78. The summed E-state index contributed by atoms with van der Waals surface area (Å²) in [6, 6.07) is 0. The molecule has 1 atom stereocenters. The third kappa shape index (κ3) is 6.59. The second kappa shape index (κ2) is 8.91. The lowest BCUT2D eigenvalue weighted by molar-refractivity contribution is -0.122. The monoisotopic (exact) mass is 255 g/mol. The molecule has 0 aromatic carbocycles. The maximum atomic E-state index is 11.6. The fourth-order valence-corrected chi connectivity index (χ4v) is 2.14. The van der Waals surface area contributed by atoms with Crippen molar-refractivity contribution in [2.45, 2.75) is 39.0 Å². The van der Waals surface area contributed by atoms with Crippen LogP contribution in [0.1, 0.15) is 39.0 Å². The average molecular weight is 255 g/mol. The van der Waals surface area contributed by atoms with E-state index in [1.54, 1.807) is 0 Å². The van der Waals surface area contributed by atoms with Gasteiger partial charge < -0.3 is 16.0 Å². The number of piperidine rings is 1. The molecule has 0 saturated carbocycles. The number of carbonyl (C=O) groups is 2. The van der Waals surface area contributed by atoms with Crippen molar-refractivity contribution in [3.63, 3.8) is 0 Å². The molecular formula is C13H25N3O2. The van der Waals surface area contributed by atoms with E-state index in [-0.39, 0.29) is 11.8 Å². The van der Waals surface area contributed by atoms with Crippen molar-refractivity contribution in [1.29, 1.82) is 0 Å². The number of nitrogens with one attached hydrogen (secondary N) is 3. The van der Waals surface area contributed by atoms with Gasteiger partial charge in [0.25, 0.3) is 0 Å². The molecule has 5 nitrogen and oxygen atoms in total. The minimum Gasteiger partial charge on any atom is -0.356 e. The third-order valence-corrected chi connectivity index (χ3v) is 3.17. The van der Waals surface area contributed by atoms with Gasteiger partial charge in [-0.3, -0.25) is 9.59 Å². The Morgan fingerprint density at radius 1 is 1.22 bits per heavy atom. The van der Waals surface area contributed by atoms with Crippen LogP contribution in [0.15, 0.2) is 0 Å². The Hall–Kier alpha value is -1.10. The molecule has 0 bridgehead atoms. The van der Waals surface area contributed by atoms with Crippen molar-refractivity contribution in [1.82, 2.24) is 16.0 Å². The SMILES string of the molecule is CCNC(=O)CCCC(=O)NCC1CCCNC1. The highest BCUT2D eigenvalue weighted by Gasteiger charge is 2.13. The Bertz CT molecular complexity index is 263. The van der Waals surface area contributed by atoms with Crippen LogP contribution in [0.25, 0.3) is 0 Å². The lowest BCUT2D eigenvalue weighted by atomic mass is 10.00. The largest absolute Gasteiger partial charge is 0.356 e. The van der Waals surface area contributed by atoms with Gasteiger partial charge in [-0.1, -0.05) is 0 Å². The van der Waals surface area contributed by atoms with Crippen molar-refractivity contribution in [3.05, 3.63) is 0 Å². The smallest absolute Gasteiger partial charge is 0.220 e. The zero-order valence-corrected chi connectivity index (χ0v) is 11.3. The van der Waals surface area contributed by atoms with Crippen LogP contribution >= 0.6 is 0 Å². The molecule has 1 saturated heterocycles. The molecule has 1 rings (SSSR count). The van der Waals surface area contributed by atoms with Crippen molar-refractivity contribution in [2.75, 3.05) is 26.2 Å². The van der Waals surface area contributed by atoms with E-state index < -0.39 is 0 Å². The average Bonchev–Trinajstić information content (AvgIpc) is 2.38. The molecule has 0 radical (unpaired) electrons. The Kier molecular flexibility index (Phi) is 7.41. The Morgan fingerprint density at radius 3 is 2.56 bits per heavy atom. The highest BCUT2D eigenvalue weighted by atomic mass is 16.2. The van der Waals surface area contributed by atoms with Crippen molar-refractivity contribution >= 4 is 11.8 Å². The van der Waals surface area contributed by atoms with E-state index in [0.29, 0.717) is 31.7 Å². The van der Waals surface area contributed by atoms with Crippen LogP contribution in [-0.2, 0) is 9.59 Å². The van der Waals surface area contributed by atoms with E-state index in [1.165, 1.54) is 12.8 Å². The molecule has 1 aliphatic rings. The van der Waals surface area contributed by atoms with E-state index in [2.05, 4.69) is 16.0 Å². The van der Waals surface area contributed by atoms with Gasteiger partial charge in [-0.05, 0) is 45.2 Å². The summed E-state index contributed by atoms with van der Waals surface area (Å²) in [7, 11) is 0. The summed E-state index contributed by atoms with van der Waals surface area (Å²) in [6.07, 6.45) is 3.88. The Balaban J connectivity index is 2.01. The molecule has 0 aliphatic carbocycles. The maximum Gasteiger partial charge on any atom is 0.220 e. The molecule has 1 aliphatic heterocycles. The first-order chi connectivity index (χ1) is 8.72. The molecular weight excluding hydrogens is 230 g/mol. The minimum absolute atomic E-state index is 0.0294. The van der Waals surface area contributed by atoms with Gasteiger partial charge >= 0.3 is 0 Å². The molecule has 1 heterocycles. The van der Waals surface area contributed by atoms with Crippen LogP contribution in [0.3, 0.4) is 0 Å². The Morgan fingerprint density at radius 2 is 1.94 bits per heavy atom. The molecule has 0 aromatic rings. The lowest BCUT2D eigenvalue weighted by Gasteiger charge is -2.22. The third-order valence-electron chi connectivity index (χ3n) is 3.17. The number of hydrogen-bond acceptors (Lipinski definition) is 3. The minimum atomic E-state index is 0.0294. The van der Waals surface area contributed by atoms with Gasteiger partial charge in [0.1, 0.15) is 0 Å². The van der Waals surface area contributed by atoms with E-state index in [0.717, 1.165) is 19.6 Å². The summed E-state index contributed by atoms with van der Waals surface area (Å²) in [5.41, 5.74) is 0. The van der Waals surface area contributed by atoms with Crippen molar-refractivity contribution in [2.24, 2.45) is 5.92 Å². The molecule has 1 fully saturated rings. The summed E-state index contributed by atoms with van der Waals surface area (Å²) in [6.45, 7) is 5.39. The standard InChI is InChI=1S/C13H25N3O2/c1-2-15-12(17)6-3-7-13(18)16-10-11-5-4-8-14-9-11/h11,14H,2-10H2,1H3,(H,15,17)(H,16,18). The van der Waals surface area contributed by atoms with E-state index >= 15 is 0 Å². The topological polar surface area (TPSA) is 70.2 Å². The molecule has 0 aromatic heterocycles. The zero-order valence-electron chi connectivity index (χ0n) is 11.3. The Labute approximate surface area is 109 Å². The van der Waals surface area contributed by atoms with Gasteiger partial charge in [0.2, 0.25) is 11.8 Å². The lowest BCUT2D eigenvalue weighted by Crippen LogP contribution is -2.38. The predicted octanol–water partition coefficient (Wildman–Crippen LogP) is 0.409. The fourth-order valence-electron chi connectivity index (χ4n) is 2.14. The molecule has 1 unspecified atom stereocenters. The molecule has 5 heteroatoms. The zero-order chi connectivity index (χ0) is 13.2. The summed E-state index contributed by atoms with van der Waals surface area (Å²) in [5.74, 6) is 0.651. The molecule has 18 heavy (non-hydrogen) atoms. The molecule has 0 spiro atoms. The van der Waals surface area contributed by atoms with Gasteiger partial charge in [0.15, 0.2) is 0 Å². The number of hydrogen-bond donors (Lipinski definition) is 3. The first-order valence-electron chi connectivity index (χ1n) is 6.96. The van der Waals surface area contributed by atoms with Crippen LogP contribution < -0.4 is 16.0 Å². The van der Waals surface area contributed by atoms with Gasteiger partial charge in [-0.25, -0.2) is 0 Å². The van der Waals surface area contributed by atoms with E-state index in [9.17, 15) is 9.59 Å². The van der Waals surface area contributed by atoms with Gasteiger partial charge in [-0.2, -0.15) is 0 Å². The number of carbonyl (C=O) groups excluding carboxylic acids is 2. The van der Waals surface area contributed by atoms with Crippen LogP contribution in [0, 0.1) is 5.92 Å². The number of rotatable bonds is 7. The van der Waals surface area contributed by atoms with Gasteiger partial charge in [0.05, 0.1) is 0 Å². The van der Waals surface area contributed by atoms with Crippen LogP contribution in [-0.4, -0.2) is 38.0 Å². The van der Waals surface area contributed by atoms with Crippen molar-refractivity contribution in [3.8, 4) is 0 Å². The van der Waals surface area contributed by atoms with Gasteiger partial charge in [-0.15, -0.1) is 0 Å². The second-order valence-electron chi connectivity index (χ2n) is 4.82. The highest BCUT2D eigenvalue weighted by Crippen LogP contribution is 2.08. The normalized spacial score (nSPS) is 19.3. The van der Waals surface area contributed by atoms with Crippen LogP contribution in [0.4, 0.5) is 0 Å². The van der Waals surface area contributed by atoms with Crippen LogP contribution in [0.5, 0.6) is 0 Å². The molecule has 3 N–H and O–H groups in total. The summed E-state index contributed by atoms with van der Waals surface area (Å²) < 4.78 is 0. The quantitative estimate of drug-likeness (QED) is 0.617. The van der Waals surface area contributed by atoms with Crippen LogP contribution in [0.2, 0.25) is 0 Å². The molecule has 2 amide bonds. The van der Waals surface area contributed by atoms with E-state index in [1.807, 2.05) is 6.92 Å². The summed E-state index contributed by atoms with van der Waals surface area (Å²) >= 11 is 0. The molecule has 104 valence electrons. The first-order valence-corrected chi connectivity index (χ1v) is 6.96. The second-order valence-corrected chi connectivity index (χ2v) is 4.82. The predicted molar refractivity (Wildman–Crippen MR) is 71.1 cm³/mol. The maximum absolute atomic E-state index is 11.6. The number of amides is 2.